The molecule has 0 radical (unpaired) electrons. The monoisotopic (exact) mass is 247 g/mol. The largest absolute Gasteiger partial charge is 0.480 e. The molecule has 0 aromatic heterocycles. The van der Waals surface area contributed by atoms with Gasteiger partial charge in [0.05, 0.1) is 0 Å². The first-order valence-corrected chi connectivity index (χ1v) is 6.23. The number of carbonyl (C=O) groups excluding carboxylic acids is 1. The summed E-state index contributed by atoms with van der Waals surface area (Å²) in [6.45, 7) is 0.577. The second kappa shape index (κ2) is 6.72. The summed E-state index contributed by atoms with van der Waals surface area (Å²) in [6, 6.07) is -0.855. The lowest BCUT2D eigenvalue weighted by Gasteiger charge is -2.24. The Morgan fingerprint density at radius 3 is 2.75 bits per heavy atom. The summed E-state index contributed by atoms with van der Waals surface area (Å²) in [5.74, 6) is -0.142. The molecule has 0 saturated carbocycles. The number of rotatable bonds is 7. The smallest absolute Gasteiger partial charge is 0.320 e. The number of unbranched alkanes of at least 4 members (excludes halogenated alkanes) is 1. The molecule has 0 aromatic carbocycles. The van der Waals surface area contributed by atoms with Crippen molar-refractivity contribution in [3.05, 3.63) is 0 Å². The van der Waals surface area contributed by atoms with E-state index in [1.165, 1.54) is 11.9 Å². The third-order valence-electron chi connectivity index (χ3n) is 2.35. The van der Waals surface area contributed by atoms with Crippen LogP contribution in [0.5, 0.6) is 0 Å². The van der Waals surface area contributed by atoms with Gasteiger partial charge in [0, 0.05) is 12.3 Å². The van der Waals surface area contributed by atoms with Gasteiger partial charge >= 0.3 is 5.97 Å². The van der Waals surface area contributed by atoms with Crippen LogP contribution in [0.2, 0.25) is 0 Å². The number of amides is 1. The number of aliphatic carboxylic acids is 1. The molecule has 1 amide bonds. The molecule has 0 aromatic rings. The molecule has 2 atom stereocenters. The highest BCUT2D eigenvalue weighted by molar-refractivity contribution is 7.98. The number of carbonyl (C=O) groups is 2. The van der Waals surface area contributed by atoms with Gasteiger partial charge in [0.25, 0.3) is 0 Å². The minimum Gasteiger partial charge on any atom is -0.480 e. The maximum atomic E-state index is 11.3. The van der Waals surface area contributed by atoms with E-state index in [9.17, 15) is 9.59 Å². The van der Waals surface area contributed by atoms with E-state index in [1.807, 2.05) is 0 Å². The van der Waals surface area contributed by atoms with Crippen molar-refractivity contribution >= 4 is 23.8 Å². The number of carboxylic acid groups (broad SMARTS) is 1. The van der Waals surface area contributed by atoms with Crippen LogP contribution in [0.3, 0.4) is 0 Å². The Hall–Kier alpha value is -0.790. The molecule has 6 nitrogen and oxygen atoms in total. The zero-order valence-electron chi connectivity index (χ0n) is 8.94. The molecule has 2 unspecified atom stereocenters. The van der Waals surface area contributed by atoms with Crippen molar-refractivity contribution in [3.8, 4) is 0 Å². The molecule has 0 aliphatic carbocycles. The average molecular weight is 247 g/mol. The van der Waals surface area contributed by atoms with Gasteiger partial charge in [0.2, 0.25) is 5.91 Å². The van der Waals surface area contributed by atoms with E-state index in [4.69, 9.17) is 10.8 Å². The number of nitrogens with two attached hydrogens (primary N) is 1. The van der Waals surface area contributed by atoms with Gasteiger partial charge in [-0.25, -0.2) is 0 Å². The molecule has 16 heavy (non-hydrogen) atoms. The van der Waals surface area contributed by atoms with Crippen molar-refractivity contribution < 1.29 is 14.7 Å². The fraction of sp³-hybridized carbons (Fsp3) is 0.778. The average Bonchev–Trinajstić information content (AvgIpc) is 2.13. The van der Waals surface area contributed by atoms with E-state index in [-0.39, 0.29) is 11.9 Å². The Bertz CT molecular complexity index is 258. The molecule has 1 fully saturated rings. The van der Waals surface area contributed by atoms with Crippen LogP contribution >= 0.6 is 11.9 Å². The van der Waals surface area contributed by atoms with E-state index < -0.39 is 12.0 Å². The molecule has 1 heterocycles. The summed E-state index contributed by atoms with van der Waals surface area (Å²) in [5.41, 5.74) is 5.34. The van der Waals surface area contributed by atoms with Gasteiger partial charge in [-0.05, 0) is 19.3 Å². The molecular weight excluding hydrogens is 230 g/mol. The van der Waals surface area contributed by atoms with Crippen LogP contribution in [0.4, 0.5) is 0 Å². The lowest BCUT2D eigenvalue weighted by Crippen LogP contribution is -2.50. The van der Waals surface area contributed by atoms with Crippen LogP contribution in [0.15, 0.2) is 0 Å². The van der Waals surface area contributed by atoms with Crippen LogP contribution in [0, 0.1) is 0 Å². The maximum Gasteiger partial charge on any atom is 0.320 e. The van der Waals surface area contributed by atoms with Gasteiger partial charge in [0.1, 0.15) is 12.1 Å². The van der Waals surface area contributed by atoms with Crippen molar-refractivity contribution in [2.45, 2.75) is 31.3 Å². The third kappa shape index (κ3) is 4.38. The molecule has 92 valence electrons. The van der Waals surface area contributed by atoms with E-state index in [0.29, 0.717) is 19.4 Å². The van der Waals surface area contributed by atoms with E-state index in [1.54, 1.807) is 0 Å². The highest BCUT2D eigenvalue weighted by Gasteiger charge is 2.24. The molecule has 5 N–H and O–H groups in total. The van der Waals surface area contributed by atoms with Crippen LogP contribution in [-0.4, -0.2) is 41.4 Å². The first kappa shape index (κ1) is 13.3. The predicted molar refractivity (Wildman–Crippen MR) is 61.9 cm³/mol. The van der Waals surface area contributed by atoms with Gasteiger partial charge in [-0.1, -0.05) is 11.9 Å². The van der Waals surface area contributed by atoms with E-state index in [2.05, 4.69) is 10.0 Å². The Morgan fingerprint density at radius 1 is 1.56 bits per heavy atom. The first-order chi connectivity index (χ1) is 7.61. The van der Waals surface area contributed by atoms with Gasteiger partial charge < -0.3 is 16.2 Å². The minimum atomic E-state index is -0.972. The molecular formula is C9H17N3O3S. The Kier molecular flexibility index (Phi) is 5.58. The Labute approximate surface area is 98.5 Å². The van der Waals surface area contributed by atoms with Crippen molar-refractivity contribution in [2.75, 3.05) is 12.3 Å². The molecule has 7 heteroatoms. The summed E-state index contributed by atoms with van der Waals surface area (Å²) in [4.78, 5) is 21.7. The van der Waals surface area contributed by atoms with Gasteiger partial charge in [0.15, 0.2) is 0 Å². The lowest BCUT2D eigenvalue weighted by atomic mass is 10.1. The zero-order valence-corrected chi connectivity index (χ0v) is 9.76. The maximum absolute atomic E-state index is 11.3. The molecule has 1 saturated heterocycles. The molecule has 1 rings (SSSR count). The summed E-state index contributed by atoms with van der Waals surface area (Å²) in [5, 5.41) is 11.3. The van der Waals surface area contributed by atoms with Gasteiger partial charge in [-0.15, -0.1) is 0 Å². The van der Waals surface area contributed by atoms with Crippen molar-refractivity contribution in [1.29, 1.82) is 0 Å². The number of nitrogens with one attached hydrogen (secondary N) is 2. The van der Waals surface area contributed by atoms with Gasteiger partial charge in [-0.2, -0.15) is 0 Å². The second-order valence-electron chi connectivity index (χ2n) is 3.71. The second-order valence-corrected chi connectivity index (χ2v) is 4.57. The molecule has 1 aliphatic rings. The van der Waals surface area contributed by atoms with Crippen LogP contribution in [0.25, 0.3) is 0 Å². The van der Waals surface area contributed by atoms with E-state index in [0.717, 1.165) is 12.2 Å². The van der Waals surface area contributed by atoms with Crippen molar-refractivity contribution in [2.24, 2.45) is 5.73 Å². The van der Waals surface area contributed by atoms with Gasteiger partial charge in [-0.3, -0.25) is 14.3 Å². The summed E-state index contributed by atoms with van der Waals surface area (Å²) in [7, 11) is 0. The van der Waals surface area contributed by atoms with Crippen LogP contribution < -0.4 is 15.8 Å². The highest BCUT2D eigenvalue weighted by atomic mass is 32.2. The Morgan fingerprint density at radius 2 is 2.25 bits per heavy atom. The van der Waals surface area contributed by atoms with Crippen LogP contribution in [0.1, 0.15) is 19.3 Å². The van der Waals surface area contributed by atoms with E-state index >= 15 is 0 Å². The van der Waals surface area contributed by atoms with Crippen molar-refractivity contribution in [1.82, 2.24) is 10.0 Å². The normalized spacial score (nSPS) is 20.9. The number of carboxylic acids is 1. The molecule has 1 aliphatic heterocycles. The summed E-state index contributed by atoms with van der Waals surface area (Å²) >= 11 is 1.53. The number of hydrogen-bond acceptors (Lipinski definition) is 5. The fourth-order valence-electron chi connectivity index (χ4n) is 1.24. The summed E-state index contributed by atoms with van der Waals surface area (Å²) in [6.07, 6.45) is 1.91. The minimum absolute atomic E-state index is 0.0151. The summed E-state index contributed by atoms with van der Waals surface area (Å²) < 4.78 is 2.93. The van der Waals surface area contributed by atoms with Crippen LogP contribution in [-0.2, 0) is 9.59 Å². The zero-order chi connectivity index (χ0) is 12.0. The standard InChI is InChI=1S/C9H17N3O3S/c10-6(9(14)15)3-1-2-4-11-8(13)7-5-16-12-7/h6-7,12H,1-5,10H2,(H,11,13)(H,14,15). The SMILES string of the molecule is NC(CCCCNC(=O)C1CSN1)C(=O)O. The predicted octanol–water partition coefficient (Wildman–Crippen LogP) is -0.695. The third-order valence-corrected chi connectivity index (χ3v) is 3.30. The number of hydrogen-bond donors (Lipinski definition) is 4. The molecule has 0 bridgehead atoms. The highest BCUT2D eigenvalue weighted by Crippen LogP contribution is 2.11. The molecule has 0 spiro atoms. The van der Waals surface area contributed by atoms with Crippen molar-refractivity contribution in [3.63, 3.8) is 0 Å². The quantitative estimate of drug-likeness (QED) is 0.350. The Balaban J connectivity index is 1.95. The lowest BCUT2D eigenvalue weighted by molar-refractivity contribution is -0.138. The topological polar surface area (TPSA) is 104 Å². The fourth-order valence-corrected chi connectivity index (χ4v) is 1.84. The first-order valence-electron chi connectivity index (χ1n) is 5.24.